The van der Waals surface area contributed by atoms with E-state index in [9.17, 15) is 0 Å². The fourth-order valence-electron chi connectivity index (χ4n) is 5.10. The zero-order valence-corrected chi connectivity index (χ0v) is 21.6. The van der Waals surface area contributed by atoms with E-state index >= 15 is 0 Å². The van der Waals surface area contributed by atoms with Gasteiger partial charge in [0.1, 0.15) is 47.7 Å². The first-order chi connectivity index (χ1) is 19.7. The molecule has 4 aliphatic rings. The first-order valence-corrected chi connectivity index (χ1v) is 13.5. The summed E-state index contributed by atoms with van der Waals surface area (Å²) in [6.45, 7) is 1.31. The van der Waals surface area contributed by atoms with Gasteiger partial charge in [0.15, 0.2) is 0 Å². The highest BCUT2D eigenvalue weighted by Gasteiger charge is 2.28. The summed E-state index contributed by atoms with van der Waals surface area (Å²) in [5.41, 5.74) is 0. The molecule has 6 heteroatoms. The van der Waals surface area contributed by atoms with Crippen molar-refractivity contribution in [2.75, 3.05) is 13.2 Å². The minimum atomic E-state index is -0.123. The lowest BCUT2D eigenvalue weighted by atomic mass is 9.84. The Morgan fingerprint density at radius 1 is 0.500 bits per heavy atom. The van der Waals surface area contributed by atoms with Gasteiger partial charge in [-0.3, -0.25) is 0 Å². The molecule has 2 aliphatic carbocycles. The number of hydrogen-bond acceptors (Lipinski definition) is 6. The summed E-state index contributed by atoms with van der Waals surface area (Å²) < 4.78 is 34.4. The molecule has 4 aromatic carbocycles. The van der Waals surface area contributed by atoms with Gasteiger partial charge in [-0.2, -0.15) is 0 Å². The maximum atomic E-state index is 6.28. The lowest BCUT2D eigenvalue weighted by Gasteiger charge is -2.25. The van der Waals surface area contributed by atoms with Gasteiger partial charge in [0.2, 0.25) is 12.6 Å². The quantitative estimate of drug-likeness (QED) is 0.221. The van der Waals surface area contributed by atoms with Crippen LogP contribution in [0, 0.1) is 11.8 Å². The van der Waals surface area contributed by atoms with Gasteiger partial charge in [-0.05, 0) is 94.4 Å². The Labute approximate surface area is 231 Å². The number of rotatable bonds is 8. The lowest BCUT2D eigenvalue weighted by molar-refractivity contribution is 0.112. The molecule has 2 heterocycles. The zero-order chi connectivity index (χ0) is 26.5. The highest BCUT2D eigenvalue weighted by Crippen LogP contribution is 2.35. The molecule has 0 amide bonds. The van der Waals surface area contributed by atoms with Gasteiger partial charge in [0.25, 0.3) is 0 Å². The van der Waals surface area contributed by atoms with E-state index in [0.29, 0.717) is 19.1 Å². The summed E-state index contributed by atoms with van der Waals surface area (Å²) >= 11 is 0. The molecular formula is C34H26O6. The van der Waals surface area contributed by atoms with Crippen molar-refractivity contribution in [2.45, 2.75) is 12.6 Å². The highest BCUT2D eigenvalue weighted by molar-refractivity contribution is 5.86. The normalized spacial score (nSPS) is 24.2. The number of benzene rings is 4. The topological polar surface area (TPSA) is 62.0 Å². The minimum absolute atomic E-state index is 0.103. The van der Waals surface area contributed by atoms with E-state index in [-0.39, 0.29) is 18.5 Å². The largest absolute Gasteiger partial charge is 0.463 e. The van der Waals surface area contributed by atoms with Gasteiger partial charge in [0.05, 0.1) is 0 Å². The van der Waals surface area contributed by atoms with Gasteiger partial charge in [-0.15, -0.1) is 0 Å². The summed E-state index contributed by atoms with van der Waals surface area (Å²) in [5.74, 6) is 5.24. The first-order valence-electron chi connectivity index (χ1n) is 13.5. The monoisotopic (exact) mass is 530 g/mol. The third kappa shape index (κ3) is 5.07. The predicted octanol–water partition coefficient (Wildman–Crippen LogP) is 7.41. The highest BCUT2D eigenvalue weighted by atomic mass is 16.8. The van der Waals surface area contributed by atoms with Gasteiger partial charge in [-0.25, -0.2) is 0 Å². The third-order valence-electron chi connectivity index (χ3n) is 7.30. The molecule has 0 N–H and O–H groups in total. The summed E-state index contributed by atoms with van der Waals surface area (Å²) in [4.78, 5) is 0. The summed E-state index contributed by atoms with van der Waals surface area (Å²) in [6, 6.07) is 24.3. The van der Waals surface area contributed by atoms with Crippen molar-refractivity contribution in [2.24, 2.45) is 11.8 Å². The predicted molar refractivity (Wildman–Crippen MR) is 151 cm³/mol. The van der Waals surface area contributed by atoms with Crippen LogP contribution >= 0.6 is 0 Å². The Kier molecular flexibility index (Phi) is 5.60. The van der Waals surface area contributed by atoms with Crippen molar-refractivity contribution in [1.29, 1.82) is 0 Å². The number of epoxide rings is 2. The van der Waals surface area contributed by atoms with E-state index in [2.05, 4.69) is 42.5 Å². The summed E-state index contributed by atoms with van der Waals surface area (Å²) in [5, 5.41) is 4.32. The van der Waals surface area contributed by atoms with Crippen LogP contribution < -0.4 is 14.2 Å². The fraction of sp³-hybridized carbons (Fsp3) is 0.176. The molecule has 0 bridgehead atoms. The molecule has 2 saturated heterocycles. The van der Waals surface area contributed by atoms with E-state index in [1.54, 1.807) is 0 Å². The van der Waals surface area contributed by atoms with E-state index in [0.717, 1.165) is 56.1 Å². The second-order valence-corrected chi connectivity index (χ2v) is 10.3. The van der Waals surface area contributed by atoms with E-state index in [1.165, 1.54) is 0 Å². The third-order valence-corrected chi connectivity index (χ3v) is 7.30. The molecule has 0 spiro atoms. The molecule has 4 unspecified atom stereocenters. The molecular weight excluding hydrogens is 504 g/mol. The first kappa shape index (κ1) is 23.4. The molecule has 4 aromatic rings. The Morgan fingerprint density at radius 3 is 1.62 bits per heavy atom. The van der Waals surface area contributed by atoms with Crippen LogP contribution in [-0.2, 0) is 14.2 Å². The maximum Gasteiger partial charge on any atom is 0.223 e. The van der Waals surface area contributed by atoms with Crippen molar-refractivity contribution >= 4 is 21.5 Å². The van der Waals surface area contributed by atoms with Gasteiger partial charge in [0, 0.05) is 11.8 Å². The second-order valence-electron chi connectivity index (χ2n) is 10.3. The van der Waals surface area contributed by atoms with E-state index < -0.39 is 0 Å². The summed E-state index contributed by atoms with van der Waals surface area (Å²) in [6.07, 6.45) is 12.4. The average Bonchev–Trinajstić information content (AvgIpc) is 3.91. The van der Waals surface area contributed by atoms with Crippen LogP contribution in [0.25, 0.3) is 21.5 Å². The van der Waals surface area contributed by atoms with Crippen LogP contribution in [-0.4, -0.2) is 25.8 Å². The van der Waals surface area contributed by atoms with Crippen LogP contribution in [0.1, 0.15) is 0 Å². The smallest absolute Gasteiger partial charge is 0.223 e. The second kappa shape index (κ2) is 9.59. The molecule has 2 aliphatic heterocycles. The van der Waals surface area contributed by atoms with Crippen molar-refractivity contribution in [3.63, 3.8) is 0 Å². The molecule has 40 heavy (non-hydrogen) atoms. The minimum Gasteiger partial charge on any atom is -0.463 e. The Hall–Kier alpha value is -4.52. The molecule has 4 atom stereocenters. The van der Waals surface area contributed by atoms with Crippen molar-refractivity contribution in [3.05, 3.63) is 121 Å². The molecule has 2 fully saturated rings. The van der Waals surface area contributed by atoms with Crippen LogP contribution in [0.2, 0.25) is 0 Å². The van der Waals surface area contributed by atoms with E-state index in [4.69, 9.17) is 28.4 Å². The zero-order valence-electron chi connectivity index (χ0n) is 21.6. The molecule has 0 radical (unpaired) electrons. The van der Waals surface area contributed by atoms with Crippen molar-refractivity contribution in [3.8, 4) is 23.0 Å². The molecule has 0 aromatic heterocycles. The number of fused-ring (bicyclic) bond motifs is 3. The maximum absolute atomic E-state index is 6.28. The number of allylic oxidation sites excluding steroid dienone is 6. The number of ether oxygens (including phenoxy) is 6. The van der Waals surface area contributed by atoms with Crippen LogP contribution in [0.3, 0.4) is 0 Å². The van der Waals surface area contributed by atoms with Crippen LogP contribution in [0.15, 0.2) is 121 Å². The van der Waals surface area contributed by atoms with Crippen LogP contribution in [0.4, 0.5) is 0 Å². The van der Waals surface area contributed by atoms with Gasteiger partial charge < -0.3 is 28.4 Å². The molecule has 0 saturated carbocycles. The van der Waals surface area contributed by atoms with Gasteiger partial charge >= 0.3 is 0 Å². The van der Waals surface area contributed by atoms with Crippen molar-refractivity contribution in [1.82, 2.24) is 0 Å². The Balaban J connectivity index is 0.999. The SMILES string of the molecule is C1=CC2C=CC(OC3CO3)=CC2C=C1Oc1ccc2ccc(Oc3ccc4ccc(OC5CO5)cc4c3)cc2c1. The standard InChI is InChI=1S/C34H26O6/c1-7-27(37-29-9-3-22-5-11-31(17-25(22)15-29)39-33-19-35-33)13-24-14-28(8-2-21(1)24)38-30-10-4-23-6-12-32(18-26(23)16-30)40-34-20-36-34/h1-18,22,25,33-34H,19-20H2. The molecule has 6 nitrogen and oxygen atoms in total. The van der Waals surface area contributed by atoms with Crippen molar-refractivity contribution < 1.29 is 28.4 Å². The van der Waals surface area contributed by atoms with E-state index in [1.807, 2.05) is 66.7 Å². The fourth-order valence-corrected chi connectivity index (χ4v) is 5.10. The van der Waals surface area contributed by atoms with Crippen LogP contribution in [0.5, 0.6) is 23.0 Å². The Bertz CT molecular complexity index is 1740. The molecule has 8 rings (SSSR count). The van der Waals surface area contributed by atoms with Gasteiger partial charge in [-0.1, -0.05) is 36.4 Å². The molecule has 198 valence electrons. The Morgan fingerprint density at radius 2 is 1.00 bits per heavy atom. The lowest BCUT2D eigenvalue weighted by Crippen LogP contribution is -2.16. The number of hydrogen-bond donors (Lipinski definition) is 0. The summed E-state index contributed by atoms with van der Waals surface area (Å²) in [7, 11) is 0. The average molecular weight is 531 g/mol.